The fraction of sp³-hybridized carbons (Fsp3) is 0.176. The van der Waals surface area contributed by atoms with Crippen molar-refractivity contribution in [2.24, 2.45) is 0 Å². The average Bonchev–Trinajstić information content (AvgIpc) is 2.54. The number of nitrogens with one attached hydrogen (secondary N) is 1. The van der Waals surface area contributed by atoms with Gasteiger partial charge in [-0.15, -0.1) is 0 Å². The third kappa shape index (κ3) is 3.95. The predicted octanol–water partition coefficient (Wildman–Crippen LogP) is 3.73. The van der Waals surface area contributed by atoms with Crippen LogP contribution in [0.5, 0.6) is 0 Å². The lowest BCUT2D eigenvalue weighted by Crippen LogP contribution is -2.26. The Labute approximate surface area is 137 Å². The summed E-state index contributed by atoms with van der Waals surface area (Å²) in [6.45, 7) is 1.92. The Bertz CT molecular complexity index is 665. The molecule has 1 N–H and O–H groups in total. The Hall–Kier alpha value is -2.14. The minimum atomic E-state index is -0.421. The van der Waals surface area contributed by atoms with E-state index in [0.29, 0.717) is 11.1 Å². The van der Waals surface area contributed by atoms with Crippen LogP contribution in [-0.2, 0) is 4.74 Å². The van der Waals surface area contributed by atoms with Crippen LogP contribution in [-0.4, -0.2) is 19.0 Å². The first kappa shape index (κ1) is 16.2. The van der Waals surface area contributed by atoms with Gasteiger partial charge in [0.2, 0.25) is 0 Å². The summed E-state index contributed by atoms with van der Waals surface area (Å²) < 4.78 is 5.62. The first-order chi connectivity index (χ1) is 10.5. The molecule has 0 aliphatic rings. The van der Waals surface area contributed by atoms with Gasteiger partial charge in [-0.05, 0) is 48.9 Å². The monoisotopic (exact) mass is 361 g/mol. The summed E-state index contributed by atoms with van der Waals surface area (Å²) in [4.78, 5) is 23.6. The van der Waals surface area contributed by atoms with Gasteiger partial charge in [0.25, 0.3) is 5.91 Å². The highest BCUT2D eigenvalue weighted by molar-refractivity contribution is 9.10. The molecule has 1 amide bonds. The SMILES string of the molecule is COC(=O)c1ccc(C(=O)N[C@@H](C)c2ccc(Br)cc2)cc1. The van der Waals surface area contributed by atoms with Gasteiger partial charge in [-0.25, -0.2) is 4.79 Å². The molecule has 0 bridgehead atoms. The molecule has 0 aliphatic carbocycles. The molecule has 1 atom stereocenters. The standard InChI is InChI=1S/C17H16BrNO3/c1-11(12-7-9-15(18)10-8-12)19-16(20)13-3-5-14(6-4-13)17(21)22-2/h3-11H,1-2H3,(H,19,20)/t11-/m0/s1. The van der Waals surface area contributed by atoms with Crippen LogP contribution in [0.15, 0.2) is 53.0 Å². The zero-order chi connectivity index (χ0) is 16.1. The Morgan fingerprint density at radius 1 is 1.00 bits per heavy atom. The van der Waals surface area contributed by atoms with Crippen molar-refractivity contribution in [3.05, 3.63) is 69.7 Å². The van der Waals surface area contributed by atoms with E-state index in [0.717, 1.165) is 10.0 Å². The van der Waals surface area contributed by atoms with Crippen LogP contribution in [0.3, 0.4) is 0 Å². The summed E-state index contributed by atoms with van der Waals surface area (Å²) in [6.07, 6.45) is 0. The van der Waals surface area contributed by atoms with Crippen molar-refractivity contribution in [2.45, 2.75) is 13.0 Å². The molecule has 22 heavy (non-hydrogen) atoms. The van der Waals surface area contributed by atoms with E-state index in [9.17, 15) is 9.59 Å². The second-order valence-corrected chi connectivity index (χ2v) is 5.73. The van der Waals surface area contributed by atoms with E-state index in [1.165, 1.54) is 7.11 Å². The number of carbonyl (C=O) groups is 2. The Kier molecular flexibility index (Phi) is 5.33. The third-order valence-electron chi connectivity index (χ3n) is 3.29. The number of hydrogen-bond acceptors (Lipinski definition) is 3. The maximum absolute atomic E-state index is 12.2. The number of benzene rings is 2. The van der Waals surface area contributed by atoms with Gasteiger partial charge >= 0.3 is 5.97 Å². The second kappa shape index (κ2) is 7.22. The minimum Gasteiger partial charge on any atom is -0.465 e. The summed E-state index contributed by atoms with van der Waals surface area (Å²) in [5, 5.41) is 2.92. The van der Waals surface area contributed by atoms with Gasteiger partial charge in [-0.2, -0.15) is 0 Å². The molecule has 2 aromatic carbocycles. The third-order valence-corrected chi connectivity index (χ3v) is 3.81. The number of amides is 1. The summed E-state index contributed by atoms with van der Waals surface area (Å²) in [5.41, 5.74) is 1.93. The number of rotatable bonds is 4. The quantitative estimate of drug-likeness (QED) is 0.844. The highest BCUT2D eigenvalue weighted by atomic mass is 79.9. The molecule has 0 heterocycles. The van der Waals surface area contributed by atoms with Gasteiger partial charge in [0, 0.05) is 10.0 Å². The fourth-order valence-corrected chi connectivity index (χ4v) is 2.25. The van der Waals surface area contributed by atoms with Crippen molar-refractivity contribution < 1.29 is 14.3 Å². The van der Waals surface area contributed by atoms with Crippen molar-refractivity contribution in [2.75, 3.05) is 7.11 Å². The first-order valence-corrected chi connectivity index (χ1v) is 7.55. The molecule has 4 nitrogen and oxygen atoms in total. The van der Waals surface area contributed by atoms with E-state index in [1.807, 2.05) is 31.2 Å². The van der Waals surface area contributed by atoms with Crippen molar-refractivity contribution in [3.63, 3.8) is 0 Å². The maximum atomic E-state index is 12.2. The fourth-order valence-electron chi connectivity index (χ4n) is 1.99. The number of carbonyl (C=O) groups excluding carboxylic acids is 2. The molecule has 0 unspecified atom stereocenters. The van der Waals surface area contributed by atoms with Gasteiger partial charge in [0.1, 0.15) is 0 Å². The van der Waals surface area contributed by atoms with Crippen LogP contribution in [0.1, 0.15) is 39.2 Å². The van der Waals surface area contributed by atoms with Gasteiger partial charge in [0.15, 0.2) is 0 Å². The molecule has 0 aliphatic heterocycles. The second-order valence-electron chi connectivity index (χ2n) is 4.82. The van der Waals surface area contributed by atoms with E-state index in [1.54, 1.807) is 24.3 Å². The molecule has 0 saturated heterocycles. The molecule has 5 heteroatoms. The Balaban J connectivity index is 2.05. The topological polar surface area (TPSA) is 55.4 Å². The lowest BCUT2D eigenvalue weighted by Gasteiger charge is -2.14. The van der Waals surface area contributed by atoms with Crippen molar-refractivity contribution in [3.8, 4) is 0 Å². The summed E-state index contributed by atoms with van der Waals surface area (Å²) in [7, 11) is 1.32. The van der Waals surface area contributed by atoms with Crippen LogP contribution in [0, 0.1) is 0 Å². The molecular weight excluding hydrogens is 346 g/mol. The molecule has 2 aromatic rings. The maximum Gasteiger partial charge on any atom is 0.337 e. The summed E-state index contributed by atoms with van der Waals surface area (Å²) in [5.74, 6) is -0.609. The highest BCUT2D eigenvalue weighted by Crippen LogP contribution is 2.17. The Morgan fingerprint density at radius 3 is 2.09 bits per heavy atom. The lowest BCUT2D eigenvalue weighted by atomic mass is 10.1. The van der Waals surface area contributed by atoms with Gasteiger partial charge in [-0.1, -0.05) is 28.1 Å². The Morgan fingerprint density at radius 2 is 1.55 bits per heavy atom. The van der Waals surface area contributed by atoms with Crippen molar-refractivity contribution >= 4 is 27.8 Å². The highest BCUT2D eigenvalue weighted by Gasteiger charge is 2.12. The van der Waals surface area contributed by atoms with Crippen molar-refractivity contribution in [1.82, 2.24) is 5.32 Å². The van der Waals surface area contributed by atoms with E-state index in [4.69, 9.17) is 0 Å². The van der Waals surface area contributed by atoms with E-state index >= 15 is 0 Å². The van der Waals surface area contributed by atoms with E-state index < -0.39 is 5.97 Å². The van der Waals surface area contributed by atoms with Crippen LogP contribution < -0.4 is 5.32 Å². The minimum absolute atomic E-state index is 0.110. The molecular formula is C17H16BrNO3. The zero-order valence-electron chi connectivity index (χ0n) is 12.3. The molecule has 0 radical (unpaired) electrons. The van der Waals surface area contributed by atoms with Crippen LogP contribution in [0.4, 0.5) is 0 Å². The summed E-state index contributed by atoms with van der Waals surface area (Å²) in [6, 6.07) is 14.0. The van der Waals surface area contributed by atoms with Crippen LogP contribution in [0.2, 0.25) is 0 Å². The number of ether oxygens (including phenoxy) is 1. The average molecular weight is 362 g/mol. The molecule has 0 aromatic heterocycles. The van der Waals surface area contributed by atoms with E-state index in [2.05, 4.69) is 26.0 Å². The largest absolute Gasteiger partial charge is 0.465 e. The van der Waals surface area contributed by atoms with Crippen LogP contribution in [0.25, 0.3) is 0 Å². The molecule has 0 spiro atoms. The van der Waals surface area contributed by atoms with Crippen LogP contribution >= 0.6 is 15.9 Å². The van der Waals surface area contributed by atoms with E-state index in [-0.39, 0.29) is 11.9 Å². The van der Waals surface area contributed by atoms with Gasteiger partial charge < -0.3 is 10.1 Å². The smallest absolute Gasteiger partial charge is 0.337 e. The summed E-state index contributed by atoms with van der Waals surface area (Å²) >= 11 is 3.38. The number of hydrogen-bond donors (Lipinski definition) is 1. The molecule has 114 valence electrons. The zero-order valence-corrected chi connectivity index (χ0v) is 13.9. The van der Waals surface area contributed by atoms with Crippen molar-refractivity contribution in [1.29, 1.82) is 0 Å². The predicted molar refractivity (Wildman–Crippen MR) is 87.8 cm³/mol. The van der Waals surface area contributed by atoms with Gasteiger partial charge in [-0.3, -0.25) is 4.79 Å². The molecule has 0 fully saturated rings. The first-order valence-electron chi connectivity index (χ1n) is 6.76. The normalized spacial score (nSPS) is 11.6. The number of methoxy groups -OCH3 is 1. The number of esters is 1. The molecule has 0 saturated carbocycles. The molecule has 2 rings (SSSR count). The number of halogens is 1. The lowest BCUT2D eigenvalue weighted by molar-refractivity contribution is 0.0600. The van der Waals surface area contributed by atoms with Gasteiger partial charge in [0.05, 0.1) is 18.7 Å².